The third kappa shape index (κ3) is 22.1. The second-order valence-corrected chi connectivity index (χ2v) is 9.65. The van der Waals surface area contributed by atoms with Crippen molar-refractivity contribution in [1.82, 2.24) is 0 Å². The van der Waals surface area contributed by atoms with Gasteiger partial charge in [0.15, 0.2) is 0 Å². The Morgan fingerprint density at radius 1 is 0.394 bits per heavy atom. The first-order chi connectivity index (χ1) is 15.9. The van der Waals surface area contributed by atoms with Crippen LogP contribution in [0.15, 0.2) is 0 Å². The van der Waals surface area contributed by atoms with Gasteiger partial charge >= 0.3 is 18.1 Å². The Morgan fingerprint density at radius 3 is 0.727 bits per heavy atom. The van der Waals surface area contributed by atoms with E-state index in [1.165, 1.54) is 0 Å². The predicted molar refractivity (Wildman–Crippen MR) is 123 cm³/mol. The van der Waals surface area contributed by atoms with E-state index >= 15 is 0 Å². The Balaban J connectivity index is -0.000000500. The Labute approximate surface area is 200 Å². The molecule has 0 aliphatic carbocycles. The van der Waals surface area contributed by atoms with Gasteiger partial charge in [0.05, 0.1) is 52.9 Å². The Morgan fingerprint density at radius 2 is 0.576 bits per heavy atom. The van der Waals surface area contributed by atoms with Crippen molar-refractivity contribution < 1.29 is 60.9 Å². The molecule has 0 aliphatic heterocycles. The number of rotatable bonds is 20. The molecule has 0 unspecified atom stereocenters. The summed E-state index contributed by atoms with van der Waals surface area (Å²) in [6, 6.07) is 0. The lowest BCUT2D eigenvalue weighted by Gasteiger charge is -2.27. The highest BCUT2D eigenvalue weighted by molar-refractivity contribution is 6.53. The summed E-state index contributed by atoms with van der Waals surface area (Å²) in [5, 5.41) is 42.3. The fourth-order valence-electron chi connectivity index (χ4n) is 1.89. The number of aliphatic hydroxyl groups is 5. The van der Waals surface area contributed by atoms with Gasteiger partial charge in [-0.3, -0.25) is 0 Å². The van der Waals surface area contributed by atoms with Crippen LogP contribution in [0.1, 0.15) is 34.6 Å². The van der Waals surface area contributed by atoms with E-state index in [0.29, 0.717) is 26.4 Å². The van der Waals surface area contributed by atoms with Crippen LogP contribution in [0.4, 0.5) is 0 Å². The molecule has 33 heavy (non-hydrogen) atoms. The molecule has 0 saturated heterocycles. The normalized spacial score (nSPS) is 11.5. The number of aliphatic hydroxyl groups excluding tert-OH is 5. The van der Waals surface area contributed by atoms with E-state index in [1.54, 1.807) is 6.92 Å². The zero-order valence-electron chi connectivity index (χ0n) is 20.7. The number of hydrogen-bond acceptors (Lipinski definition) is 13. The summed E-state index contributed by atoms with van der Waals surface area (Å²) in [7, 11) is -6.31. The van der Waals surface area contributed by atoms with Crippen LogP contribution in [0, 0.1) is 0 Å². The minimum atomic E-state index is -3.52. The Bertz CT molecular complexity index is 303. The van der Waals surface area contributed by atoms with Crippen molar-refractivity contribution in [2.24, 2.45) is 0 Å². The van der Waals surface area contributed by atoms with Crippen LogP contribution in [0.3, 0.4) is 0 Å². The molecule has 0 atom stereocenters. The van der Waals surface area contributed by atoms with Gasteiger partial charge in [-0.25, -0.2) is 0 Å². The summed E-state index contributed by atoms with van der Waals surface area (Å²) in [6.07, 6.45) is 0. The molecule has 13 nitrogen and oxygen atoms in total. The van der Waals surface area contributed by atoms with Gasteiger partial charge in [0, 0.05) is 33.0 Å². The van der Waals surface area contributed by atoms with Crippen LogP contribution in [0.2, 0.25) is 0 Å². The van der Waals surface area contributed by atoms with Crippen LogP contribution in [0.25, 0.3) is 0 Å². The maximum atomic E-state index is 8.69. The highest BCUT2D eigenvalue weighted by atomic mass is 28.4. The maximum Gasteiger partial charge on any atom is 0.680 e. The Kier molecular flexibility index (Phi) is 32.0. The SMILES string of the molecule is CCO.CCO[Si](OCC)(OCC)OCC.OCCO[Si](OCCO)(OCCO)OCCO. The van der Waals surface area contributed by atoms with Crippen molar-refractivity contribution in [2.75, 3.05) is 85.9 Å². The van der Waals surface area contributed by atoms with Crippen LogP contribution < -0.4 is 0 Å². The van der Waals surface area contributed by atoms with Gasteiger partial charge in [0.1, 0.15) is 0 Å². The van der Waals surface area contributed by atoms with Crippen molar-refractivity contribution >= 4 is 18.1 Å². The minimum absolute atomic E-state index is 0.0610. The molecule has 0 amide bonds. The molecule has 0 radical (unpaired) electrons. The molecule has 204 valence electrons. The largest absolute Gasteiger partial charge is 0.680 e. The molecule has 0 aliphatic rings. The van der Waals surface area contributed by atoms with E-state index < -0.39 is 18.1 Å². The third-order valence-corrected chi connectivity index (χ3v) is 7.56. The van der Waals surface area contributed by atoms with Gasteiger partial charge < -0.3 is 60.9 Å². The third-order valence-electron chi connectivity index (χ3n) is 2.76. The standard InChI is InChI=1S/C8H20O8Si.C8H20O4Si.C2H6O/c9-1-5-13-17(14-6-2-10,15-7-3-11)16-8-4-12;1-5-9-13(10-6-2,11-7-3)12-8-4;1-2-3/h9-12H,1-8H2;5-8H2,1-4H3;3H,2H2,1H3. The zero-order chi connectivity index (χ0) is 25.8. The van der Waals surface area contributed by atoms with Gasteiger partial charge in [-0.15, -0.1) is 0 Å². The Hall–Kier alpha value is -0.0862. The average Bonchev–Trinajstić information content (AvgIpc) is 2.80. The van der Waals surface area contributed by atoms with E-state index in [0.717, 1.165) is 0 Å². The lowest BCUT2D eigenvalue weighted by molar-refractivity contribution is -0.0547. The highest BCUT2D eigenvalue weighted by Gasteiger charge is 2.46. The molecule has 0 spiro atoms. The average molecular weight is 527 g/mol. The highest BCUT2D eigenvalue weighted by Crippen LogP contribution is 2.12. The van der Waals surface area contributed by atoms with E-state index in [1.807, 2.05) is 27.7 Å². The van der Waals surface area contributed by atoms with E-state index in [-0.39, 0.29) is 59.5 Å². The first-order valence-electron chi connectivity index (χ1n) is 11.1. The molecular formula is C18H46O13Si2. The van der Waals surface area contributed by atoms with Crippen molar-refractivity contribution in [3.05, 3.63) is 0 Å². The molecule has 0 bridgehead atoms. The molecule has 5 N–H and O–H groups in total. The van der Waals surface area contributed by atoms with Crippen molar-refractivity contribution in [3.8, 4) is 0 Å². The lowest BCUT2D eigenvalue weighted by atomic mass is 10.8. The van der Waals surface area contributed by atoms with Crippen molar-refractivity contribution in [3.63, 3.8) is 0 Å². The fraction of sp³-hybridized carbons (Fsp3) is 1.00. The van der Waals surface area contributed by atoms with Gasteiger partial charge in [-0.2, -0.15) is 0 Å². The van der Waals surface area contributed by atoms with Crippen LogP contribution in [-0.2, 0) is 35.4 Å². The topological polar surface area (TPSA) is 175 Å². The zero-order valence-corrected chi connectivity index (χ0v) is 22.7. The maximum absolute atomic E-state index is 8.69. The predicted octanol–water partition coefficient (Wildman–Crippen LogP) is -0.976. The molecule has 0 fully saturated rings. The summed E-state index contributed by atoms with van der Waals surface area (Å²) in [6.45, 7) is 10.5. The van der Waals surface area contributed by atoms with Crippen LogP contribution in [0.5, 0.6) is 0 Å². The summed E-state index contributed by atoms with van der Waals surface area (Å²) >= 11 is 0. The van der Waals surface area contributed by atoms with Crippen LogP contribution >= 0.6 is 0 Å². The van der Waals surface area contributed by atoms with E-state index in [2.05, 4.69) is 0 Å². The van der Waals surface area contributed by atoms with Gasteiger partial charge in [0.2, 0.25) is 0 Å². The first kappa shape index (κ1) is 37.5. The van der Waals surface area contributed by atoms with Gasteiger partial charge in [-0.1, -0.05) is 0 Å². The quantitative estimate of drug-likeness (QED) is 0.123. The summed E-state index contributed by atoms with van der Waals surface area (Å²) in [5.41, 5.74) is 0. The van der Waals surface area contributed by atoms with E-state index in [4.69, 9.17) is 60.9 Å². The lowest BCUT2D eigenvalue weighted by Crippen LogP contribution is -2.51. The second kappa shape index (κ2) is 28.2. The summed E-state index contributed by atoms with van der Waals surface area (Å²) < 4.78 is 42.4. The molecule has 0 aromatic carbocycles. The van der Waals surface area contributed by atoms with Crippen molar-refractivity contribution in [1.29, 1.82) is 0 Å². The van der Waals surface area contributed by atoms with Gasteiger partial charge in [0.25, 0.3) is 0 Å². The van der Waals surface area contributed by atoms with Crippen molar-refractivity contribution in [2.45, 2.75) is 34.6 Å². The molecule has 15 heteroatoms. The minimum Gasteiger partial charge on any atom is -0.397 e. The van der Waals surface area contributed by atoms with E-state index in [9.17, 15) is 0 Å². The summed E-state index contributed by atoms with van der Waals surface area (Å²) in [5.74, 6) is 0. The molecule has 0 rings (SSSR count). The molecule has 0 aromatic rings. The smallest absolute Gasteiger partial charge is 0.397 e. The monoisotopic (exact) mass is 526 g/mol. The molecule has 0 saturated carbocycles. The first-order valence-corrected chi connectivity index (χ1v) is 14.3. The van der Waals surface area contributed by atoms with Gasteiger partial charge in [-0.05, 0) is 34.6 Å². The van der Waals surface area contributed by atoms with Crippen LogP contribution in [-0.4, -0.2) is 130 Å². The fourth-order valence-corrected chi connectivity index (χ4v) is 5.67. The summed E-state index contributed by atoms with van der Waals surface area (Å²) in [4.78, 5) is 0. The molecular weight excluding hydrogens is 480 g/mol. The number of hydrogen-bond donors (Lipinski definition) is 5. The molecule has 0 heterocycles. The second-order valence-electron chi connectivity index (χ2n) is 5.34. The molecule has 0 aromatic heterocycles.